The van der Waals surface area contributed by atoms with E-state index in [4.69, 9.17) is 9.84 Å². The molecule has 2 N–H and O–H groups in total. The fourth-order valence-corrected chi connectivity index (χ4v) is 2.31. The number of aliphatic carboxylic acids is 1. The molecule has 1 aromatic heterocycles. The minimum atomic E-state index is -0.720. The Morgan fingerprint density at radius 3 is 2.81 bits per heavy atom. The number of rotatable bonds is 2. The summed E-state index contributed by atoms with van der Waals surface area (Å²) < 4.78 is 5.17. The highest BCUT2D eigenvalue weighted by Gasteiger charge is 2.20. The van der Waals surface area contributed by atoms with Gasteiger partial charge in [-0.1, -0.05) is 17.7 Å². The van der Waals surface area contributed by atoms with Gasteiger partial charge in [0.2, 0.25) is 5.88 Å². The molecule has 1 atom stereocenters. The third-order valence-electron chi connectivity index (χ3n) is 3.44. The Balaban J connectivity index is 0.000000173. The maximum absolute atomic E-state index is 10.1. The molecule has 2 aromatic rings. The maximum atomic E-state index is 10.1. The highest BCUT2D eigenvalue weighted by molar-refractivity contribution is 5.87. The van der Waals surface area contributed by atoms with Crippen molar-refractivity contribution in [3.63, 3.8) is 0 Å². The van der Waals surface area contributed by atoms with Crippen molar-refractivity contribution in [2.24, 2.45) is 0 Å². The van der Waals surface area contributed by atoms with E-state index in [9.17, 15) is 4.79 Å². The van der Waals surface area contributed by atoms with E-state index in [0.29, 0.717) is 5.88 Å². The smallest absolute Gasteiger partial charge is 0.320 e. The van der Waals surface area contributed by atoms with Crippen molar-refractivity contribution < 1.29 is 14.6 Å². The van der Waals surface area contributed by atoms with Crippen LogP contribution in [-0.2, 0) is 4.79 Å². The molecule has 0 amide bonds. The largest absolute Gasteiger partial charge is 0.481 e. The summed E-state index contributed by atoms with van der Waals surface area (Å²) in [4.78, 5) is 14.3. The van der Waals surface area contributed by atoms with E-state index in [1.807, 2.05) is 6.07 Å². The van der Waals surface area contributed by atoms with E-state index < -0.39 is 5.97 Å². The van der Waals surface area contributed by atoms with E-state index in [0.717, 1.165) is 30.2 Å². The molecule has 0 radical (unpaired) electrons. The van der Waals surface area contributed by atoms with Crippen molar-refractivity contribution in [2.45, 2.75) is 25.8 Å². The lowest BCUT2D eigenvalue weighted by Gasteiger charge is -2.03. The summed E-state index contributed by atoms with van der Waals surface area (Å²) in [6.45, 7) is 2.92. The molecule has 0 saturated carbocycles. The van der Waals surface area contributed by atoms with Gasteiger partial charge in [0.25, 0.3) is 0 Å². The van der Waals surface area contributed by atoms with E-state index >= 15 is 0 Å². The molecule has 112 valence electrons. The topological polar surface area (TPSA) is 71.5 Å². The molecular weight excluding hydrogens is 268 g/mol. The highest BCUT2D eigenvalue weighted by atomic mass is 16.5. The molecule has 5 nitrogen and oxygen atoms in total. The number of methoxy groups -OCH3 is 1. The molecule has 1 saturated heterocycles. The number of ether oxygens (including phenoxy) is 1. The number of hydrogen-bond acceptors (Lipinski definition) is 4. The summed E-state index contributed by atoms with van der Waals surface area (Å²) in [6.07, 6.45) is 3.54. The van der Waals surface area contributed by atoms with E-state index in [-0.39, 0.29) is 6.04 Å². The normalized spacial score (nSPS) is 17.1. The van der Waals surface area contributed by atoms with Crippen LogP contribution in [0.2, 0.25) is 0 Å². The van der Waals surface area contributed by atoms with Gasteiger partial charge in [-0.25, -0.2) is 4.98 Å². The lowest BCUT2D eigenvalue weighted by molar-refractivity contribution is -0.139. The summed E-state index contributed by atoms with van der Waals surface area (Å²) in [6, 6.07) is 7.96. The summed E-state index contributed by atoms with van der Waals surface area (Å²) in [5.74, 6) is -0.0244. The van der Waals surface area contributed by atoms with Crippen molar-refractivity contribution in [3.8, 4) is 5.88 Å². The second-order valence-corrected chi connectivity index (χ2v) is 5.03. The zero-order valence-electron chi connectivity index (χ0n) is 12.3. The van der Waals surface area contributed by atoms with Gasteiger partial charge in [0.15, 0.2) is 0 Å². The molecule has 0 bridgehead atoms. The van der Waals surface area contributed by atoms with Crippen molar-refractivity contribution in [1.29, 1.82) is 0 Å². The second-order valence-electron chi connectivity index (χ2n) is 5.03. The fraction of sp³-hybridized carbons (Fsp3) is 0.375. The van der Waals surface area contributed by atoms with Crippen LogP contribution in [0.5, 0.6) is 5.88 Å². The summed E-state index contributed by atoms with van der Waals surface area (Å²) in [5, 5.41) is 13.4. The van der Waals surface area contributed by atoms with Gasteiger partial charge in [0.1, 0.15) is 6.04 Å². The average molecular weight is 288 g/mol. The number of pyridine rings is 1. The molecule has 1 aromatic carbocycles. The molecule has 1 aliphatic rings. The van der Waals surface area contributed by atoms with Crippen molar-refractivity contribution in [3.05, 3.63) is 36.0 Å². The van der Waals surface area contributed by atoms with Crippen LogP contribution in [-0.4, -0.2) is 35.8 Å². The first-order valence-corrected chi connectivity index (χ1v) is 6.97. The number of aryl methyl sites for hydroxylation is 1. The number of benzene rings is 1. The van der Waals surface area contributed by atoms with Gasteiger partial charge in [0.05, 0.1) is 7.11 Å². The van der Waals surface area contributed by atoms with Gasteiger partial charge in [-0.05, 0) is 43.8 Å². The first-order chi connectivity index (χ1) is 10.1. The maximum Gasteiger partial charge on any atom is 0.320 e. The molecule has 1 aliphatic heterocycles. The van der Waals surface area contributed by atoms with Crippen LogP contribution in [0.1, 0.15) is 18.4 Å². The van der Waals surface area contributed by atoms with Crippen molar-refractivity contribution in [1.82, 2.24) is 10.3 Å². The Kier molecular flexibility index (Phi) is 5.11. The van der Waals surface area contributed by atoms with Gasteiger partial charge in [0, 0.05) is 11.6 Å². The Labute approximate surface area is 124 Å². The first kappa shape index (κ1) is 15.3. The van der Waals surface area contributed by atoms with Crippen LogP contribution in [0.3, 0.4) is 0 Å². The number of carboxylic acids is 1. The first-order valence-electron chi connectivity index (χ1n) is 6.97. The van der Waals surface area contributed by atoms with Gasteiger partial charge < -0.3 is 15.2 Å². The Hall–Kier alpha value is -2.14. The third kappa shape index (κ3) is 3.92. The fourth-order valence-electron chi connectivity index (χ4n) is 2.31. The van der Waals surface area contributed by atoms with Gasteiger partial charge >= 0.3 is 5.97 Å². The van der Waals surface area contributed by atoms with E-state index in [1.54, 1.807) is 13.3 Å². The molecule has 3 rings (SSSR count). The second kappa shape index (κ2) is 7.04. The van der Waals surface area contributed by atoms with Crippen LogP contribution >= 0.6 is 0 Å². The monoisotopic (exact) mass is 288 g/mol. The van der Waals surface area contributed by atoms with Crippen LogP contribution in [0, 0.1) is 6.92 Å². The number of carboxylic acid groups (broad SMARTS) is 1. The number of aromatic nitrogens is 1. The average Bonchev–Trinajstić information content (AvgIpc) is 3.01. The van der Waals surface area contributed by atoms with Crippen LogP contribution in [0.25, 0.3) is 10.8 Å². The van der Waals surface area contributed by atoms with E-state index in [1.165, 1.54) is 5.56 Å². The number of nitrogens with zero attached hydrogens (tertiary/aromatic N) is 1. The molecular formula is C16H20N2O3. The highest BCUT2D eigenvalue weighted by Crippen LogP contribution is 2.23. The number of hydrogen-bond donors (Lipinski definition) is 2. The van der Waals surface area contributed by atoms with Crippen LogP contribution in [0.4, 0.5) is 0 Å². The molecule has 5 heteroatoms. The zero-order valence-corrected chi connectivity index (χ0v) is 12.3. The Bertz CT molecular complexity index is 622. The summed E-state index contributed by atoms with van der Waals surface area (Å²) >= 11 is 0. The molecule has 0 aliphatic carbocycles. The summed E-state index contributed by atoms with van der Waals surface area (Å²) in [5.41, 5.74) is 1.22. The SMILES string of the molecule is COc1nccc2ccc(C)cc12.O=C(O)[C@@H]1CCCN1. The summed E-state index contributed by atoms with van der Waals surface area (Å²) in [7, 11) is 1.64. The quantitative estimate of drug-likeness (QED) is 0.887. The lowest BCUT2D eigenvalue weighted by Crippen LogP contribution is -2.29. The molecule has 21 heavy (non-hydrogen) atoms. The van der Waals surface area contributed by atoms with Gasteiger partial charge in [-0.3, -0.25) is 4.79 Å². The van der Waals surface area contributed by atoms with Crippen LogP contribution in [0.15, 0.2) is 30.5 Å². The van der Waals surface area contributed by atoms with Gasteiger partial charge in [-0.2, -0.15) is 0 Å². The predicted octanol–water partition coefficient (Wildman–Crippen LogP) is 2.37. The standard InChI is InChI=1S/C11H11NO.C5H9NO2/c1-8-3-4-9-5-6-12-11(13-2)10(9)7-8;7-5(8)4-2-1-3-6-4/h3-7H,1-2H3;4,6H,1-3H2,(H,7,8)/t;4-/m.0/s1. The Morgan fingerprint density at radius 1 is 1.43 bits per heavy atom. The minimum absolute atomic E-state index is 0.269. The van der Waals surface area contributed by atoms with Gasteiger partial charge in [-0.15, -0.1) is 0 Å². The molecule has 0 unspecified atom stereocenters. The van der Waals surface area contributed by atoms with Crippen molar-refractivity contribution >= 4 is 16.7 Å². The van der Waals surface area contributed by atoms with Crippen molar-refractivity contribution in [2.75, 3.05) is 13.7 Å². The minimum Gasteiger partial charge on any atom is -0.481 e. The number of fused-ring (bicyclic) bond motifs is 1. The number of nitrogens with one attached hydrogen (secondary N) is 1. The lowest BCUT2D eigenvalue weighted by atomic mass is 10.1. The molecule has 0 spiro atoms. The number of carbonyl (C=O) groups is 1. The zero-order chi connectivity index (χ0) is 15.2. The molecule has 1 fully saturated rings. The predicted molar refractivity (Wildman–Crippen MR) is 81.7 cm³/mol. The van der Waals surface area contributed by atoms with Crippen LogP contribution < -0.4 is 10.1 Å². The van der Waals surface area contributed by atoms with E-state index in [2.05, 4.69) is 35.4 Å². The molecule has 2 heterocycles. The third-order valence-corrected chi connectivity index (χ3v) is 3.44. The Morgan fingerprint density at radius 2 is 2.24 bits per heavy atom.